The van der Waals surface area contributed by atoms with Crippen LogP contribution in [-0.4, -0.2) is 29.6 Å². The van der Waals surface area contributed by atoms with Crippen molar-refractivity contribution in [3.8, 4) is 0 Å². The molecule has 0 spiro atoms. The zero-order chi connectivity index (χ0) is 13.9. The van der Waals surface area contributed by atoms with Gasteiger partial charge in [-0.25, -0.2) is 9.97 Å². The van der Waals surface area contributed by atoms with E-state index in [4.69, 9.17) is 0 Å². The molecule has 110 valence electrons. The van der Waals surface area contributed by atoms with Crippen molar-refractivity contribution in [2.45, 2.75) is 39.0 Å². The number of hydrogen-bond donors (Lipinski definition) is 1. The van der Waals surface area contributed by atoms with Gasteiger partial charge in [0.2, 0.25) is 0 Å². The number of halogens is 1. The van der Waals surface area contributed by atoms with Gasteiger partial charge in [0, 0.05) is 19.6 Å². The predicted octanol–water partition coefficient (Wildman–Crippen LogP) is 3.69. The molecule has 1 N–H and O–H groups in total. The average molecular weight is 339 g/mol. The first-order valence-corrected chi connectivity index (χ1v) is 8.58. The maximum absolute atomic E-state index is 4.51. The fourth-order valence-corrected chi connectivity index (χ4v) is 4.26. The van der Waals surface area contributed by atoms with Crippen LogP contribution in [-0.2, 0) is 0 Å². The molecule has 1 saturated carbocycles. The molecular formula is C15H23BrN4. The van der Waals surface area contributed by atoms with Crippen LogP contribution in [0.3, 0.4) is 0 Å². The van der Waals surface area contributed by atoms with Gasteiger partial charge >= 0.3 is 0 Å². The van der Waals surface area contributed by atoms with Crippen molar-refractivity contribution in [1.29, 1.82) is 0 Å². The zero-order valence-corrected chi connectivity index (χ0v) is 13.7. The third-order valence-corrected chi connectivity index (χ3v) is 5.44. The molecule has 1 aromatic rings. The van der Waals surface area contributed by atoms with Crippen molar-refractivity contribution < 1.29 is 0 Å². The van der Waals surface area contributed by atoms with E-state index < -0.39 is 0 Å². The Morgan fingerprint density at radius 2 is 2.05 bits per heavy atom. The van der Waals surface area contributed by atoms with Gasteiger partial charge in [0.05, 0.1) is 0 Å². The Kier molecular flexibility index (Phi) is 4.44. The normalized spacial score (nSPS) is 26.2. The summed E-state index contributed by atoms with van der Waals surface area (Å²) in [5.74, 6) is 3.78. The van der Waals surface area contributed by atoms with Crippen LogP contribution in [0.2, 0.25) is 0 Å². The molecule has 5 heteroatoms. The lowest BCUT2D eigenvalue weighted by molar-refractivity contribution is 0.202. The van der Waals surface area contributed by atoms with Crippen LogP contribution in [0.1, 0.15) is 39.0 Å². The Morgan fingerprint density at radius 1 is 1.25 bits per heavy atom. The maximum Gasteiger partial charge on any atom is 0.148 e. The van der Waals surface area contributed by atoms with Crippen LogP contribution in [0.5, 0.6) is 0 Å². The van der Waals surface area contributed by atoms with Gasteiger partial charge in [-0.3, -0.25) is 0 Å². The van der Waals surface area contributed by atoms with Crippen LogP contribution < -0.4 is 10.2 Å². The minimum Gasteiger partial charge on any atom is -0.369 e. The zero-order valence-electron chi connectivity index (χ0n) is 12.1. The summed E-state index contributed by atoms with van der Waals surface area (Å²) in [6.45, 7) is 5.25. The van der Waals surface area contributed by atoms with E-state index in [1.165, 1.54) is 32.1 Å². The van der Waals surface area contributed by atoms with E-state index in [0.717, 1.165) is 47.6 Å². The summed E-state index contributed by atoms with van der Waals surface area (Å²) in [6, 6.07) is 0. The lowest BCUT2D eigenvalue weighted by Crippen LogP contribution is -2.42. The maximum atomic E-state index is 4.51. The van der Waals surface area contributed by atoms with E-state index in [9.17, 15) is 0 Å². The van der Waals surface area contributed by atoms with Crippen molar-refractivity contribution in [2.24, 2.45) is 11.8 Å². The average Bonchev–Trinajstić information content (AvgIpc) is 2.49. The monoisotopic (exact) mass is 338 g/mol. The molecule has 1 saturated heterocycles. The number of nitrogens with one attached hydrogen (secondary N) is 1. The first-order chi connectivity index (χ1) is 9.79. The van der Waals surface area contributed by atoms with Crippen LogP contribution in [0.25, 0.3) is 0 Å². The van der Waals surface area contributed by atoms with Crippen LogP contribution >= 0.6 is 15.9 Å². The van der Waals surface area contributed by atoms with E-state index in [1.54, 1.807) is 6.33 Å². The molecule has 1 aromatic heterocycles. The molecule has 0 aromatic carbocycles. The van der Waals surface area contributed by atoms with Gasteiger partial charge in [0.15, 0.2) is 0 Å². The minimum absolute atomic E-state index is 0.863. The summed E-state index contributed by atoms with van der Waals surface area (Å²) < 4.78 is 1.01. The second-order valence-corrected chi connectivity index (χ2v) is 6.72. The SMILES string of the molecule is CCNc1ncnc(N2CCC3CCCCC3C2)c1Br. The van der Waals surface area contributed by atoms with Crippen molar-refractivity contribution in [3.63, 3.8) is 0 Å². The highest BCUT2D eigenvalue weighted by atomic mass is 79.9. The van der Waals surface area contributed by atoms with E-state index in [0.29, 0.717) is 0 Å². The van der Waals surface area contributed by atoms with Crippen LogP contribution in [0.15, 0.2) is 10.8 Å². The Bertz CT molecular complexity index is 465. The van der Waals surface area contributed by atoms with Gasteiger partial charge in [-0.05, 0) is 47.5 Å². The van der Waals surface area contributed by atoms with E-state index >= 15 is 0 Å². The molecule has 3 rings (SSSR count). The lowest BCUT2D eigenvalue weighted by Gasteiger charge is -2.42. The van der Waals surface area contributed by atoms with Crippen molar-refractivity contribution in [2.75, 3.05) is 29.9 Å². The Morgan fingerprint density at radius 3 is 2.85 bits per heavy atom. The van der Waals surface area contributed by atoms with Gasteiger partial charge in [0.25, 0.3) is 0 Å². The highest BCUT2D eigenvalue weighted by Gasteiger charge is 2.32. The summed E-state index contributed by atoms with van der Waals surface area (Å²) in [6.07, 6.45) is 8.66. The van der Waals surface area contributed by atoms with Gasteiger partial charge in [-0.2, -0.15) is 0 Å². The molecule has 2 unspecified atom stereocenters. The smallest absolute Gasteiger partial charge is 0.148 e. The highest BCUT2D eigenvalue weighted by molar-refractivity contribution is 9.10. The summed E-state index contributed by atoms with van der Waals surface area (Å²) >= 11 is 3.68. The third kappa shape index (κ3) is 2.78. The van der Waals surface area contributed by atoms with E-state index in [-0.39, 0.29) is 0 Å². The quantitative estimate of drug-likeness (QED) is 0.912. The summed E-state index contributed by atoms with van der Waals surface area (Å²) in [5, 5.41) is 3.29. The second-order valence-electron chi connectivity index (χ2n) is 5.93. The molecule has 2 fully saturated rings. The standard InChI is InChI=1S/C15H23BrN4/c1-2-17-14-13(16)15(19-10-18-14)20-8-7-11-5-3-4-6-12(11)9-20/h10-12H,2-9H2,1H3,(H,17,18,19). The van der Waals surface area contributed by atoms with Gasteiger partial charge < -0.3 is 10.2 Å². The molecule has 1 aliphatic carbocycles. The summed E-state index contributed by atoms with van der Waals surface area (Å²) in [5.41, 5.74) is 0. The van der Waals surface area contributed by atoms with E-state index in [1.807, 2.05) is 0 Å². The summed E-state index contributed by atoms with van der Waals surface area (Å²) in [4.78, 5) is 11.3. The summed E-state index contributed by atoms with van der Waals surface area (Å²) in [7, 11) is 0. The first kappa shape index (κ1) is 14.1. The predicted molar refractivity (Wildman–Crippen MR) is 86.2 cm³/mol. The molecule has 20 heavy (non-hydrogen) atoms. The fraction of sp³-hybridized carbons (Fsp3) is 0.733. The Balaban J connectivity index is 1.77. The van der Waals surface area contributed by atoms with Crippen LogP contribution in [0.4, 0.5) is 11.6 Å². The van der Waals surface area contributed by atoms with Crippen LogP contribution in [0, 0.1) is 11.8 Å². The molecule has 4 nitrogen and oxygen atoms in total. The Labute approximate surface area is 129 Å². The largest absolute Gasteiger partial charge is 0.369 e. The molecular weight excluding hydrogens is 316 g/mol. The van der Waals surface area contributed by atoms with Crippen molar-refractivity contribution >= 4 is 27.6 Å². The number of piperidine rings is 1. The molecule has 2 heterocycles. The molecule has 2 atom stereocenters. The molecule has 2 aliphatic rings. The molecule has 0 bridgehead atoms. The number of rotatable bonds is 3. The van der Waals surface area contributed by atoms with Gasteiger partial charge in [-0.15, -0.1) is 0 Å². The van der Waals surface area contributed by atoms with E-state index in [2.05, 4.69) is 43.0 Å². The van der Waals surface area contributed by atoms with Crippen molar-refractivity contribution in [1.82, 2.24) is 9.97 Å². The molecule has 0 amide bonds. The molecule has 0 radical (unpaired) electrons. The second kappa shape index (κ2) is 6.29. The third-order valence-electron chi connectivity index (χ3n) is 4.71. The minimum atomic E-state index is 0.863. The fourth-order valence-electron chi connectivity index (χ4n) is 3.66. The van der Waals surface area contributed by atoms with Gasteiger partial charge in [-0.1, -0.05) is 19.3 Å². The number of nitrogens with zero attached hydrogens (tertiary/aromatic N) is 3. The Hall–Kier alpha value is -0.840. The number of fused-ring (bicyclic) bond motifs is 1. The topological polar surface area (TPSA) is 41.1 Å². The highest BCUT2D eigenvalue weighted by Crippen LogP contribution is 2.39. The molecule has 1 aliphatic heterocycles. The first-order valence-electron chi connectivity index (χ1n) is 7.79. The number of anilines is 2. The number of hydrogen-bond acceptors (Lipinski definition) is 4. The lowest BCUT2D eigenvalue weighted by atomic mass is 9.75. The van der Waals surface area contributed by atoms with Gasteiger partial charge in [0.1, 0.15) is 22.4 Å². The number of aromatic nitrogens is 2. The van der Waals surface area contributed by atoms with Crippen molar-refractivity contribution in [3.05, 3.63) is 10.8 Å².